The van der Waals surface area contributed by atoms with Crippen LogP contribution < -0.4 is 14.8 Å². The molecular weight excluding hydrogens is 336 g/mol. The summed E-state index contributed by atoms with van der Waals surface area (Å²) in [6, 6.07) is 9.30. The Balaban J connectivity index is 1.83. The molecule has 1 N–H and O–H groups in total. The van der Waals surface area contributed by atoms with Gasteiger partial charge in [-0.15, -0.1) is 0 Å². The summed E-state index contributed by atoms with van der Waals surface area (Å²) in [6.45, 7) is 3.66. The second kappa shape index (κ2) is 9.54. The van der Waals surface area contributed by atoms with Gasteiger partial charge in [0, 0.05) is 6.54 Å². The monoisotopic (exact) mass is 357 g/mol. The Kier molecular flexibility index (Phi) is 7.39. The van der Waals surface area contributed by atoms with Gasteiger partial charge in [-0.05, 0) is 36.8 Å². The zero-order chi connectivity index (χ0) is 17.4. The number of rotatable bonds is 10. The van der Waals surface area contributed by atoms with Crippen LogP contribution in [0.5, 0.6) is 11.5 Å². The van der Waals surface area contributed by atoms with E-state index in [1.807, 2.05) is 25.1 Å². The van der Waals surface area contributed by atoms with Gasteiger partial charge in [-0.2, -0.15) is 8.78 Å². The van der Waals surface area contributed by atoms with Crippen molar-refractivity contribution in [3.05, 3.63) is 47.4 Å². The predicted molar refractivity (Wildman–Crippen MR) is 90.7 cm³/mol. The summed E-state index contributed by atoms with van der Waals surface area (Å²) >= 11 is 0.555. The summed E-state index contributed by atoms with van der Waals surface area (Å²) in [4.78, 5) is 0. The van der Waals surface area contributed by atoms with Gasteiger partial charge < -0.3 is 19.2 Å². The van der Waals surface area contributed by atoms with Crippen molar-refractivity contribution in [3.8, 4) is 11.5 Å². The van der Waals surface area contributed by atoms with E-state index >= 15 is 0 Å². The molecular formula is C17H21F2NO3S. The van der Waals surface area contributed by atoms with Crippen molar-refractivity contribution >= 4 is 11.8 Å². The number of ether oxygens (including phenoxy) is 2. The Morgan fingerprint density at radius 2 is 1.92 bits per heavy atom. The number of furan rings is 1. The maximum Gasteiger partial charge on any atom is 0.284 e. The number of alkyl halides is 2. The summed E-state index contributed by atoms with van der Waals surface area (Å²) in [6.07, 6.45) is 0. The van der Waals surface area contributed by atoms with E-state index in [-0.39, 0.29) is 5.75 Å². The molecule has 0 aliphatic rings. The second-order valence-corrected chi connectivity index (χ2v) is 5.94. The van der Waals surface area contributed by atoms with Crippen molar-refractivity contribution in [2.45, 2.75) is 31.5 Å². The average molecular weight is 357 g/mol. The van der Waals surface area contributed by atoms with E-state index in [0.29, 0.717) is 43.0 Å². The molecule has 0 atom stereocenters. The van der Waals surface area contributed by atoms with Crippen molar-refractivity contribution in [1.82, 2.24) is 5.32 Å². The van der Waals surface area contributed by atoms with Gasteiger partial charge in [0.2, 0.25) is 0 Å². The maximum atomic E-state index is 12.1. The Morgan fingerprint density at radius 3 is 2.62 bits per heavy atom. The highest BCUT2D eigenvalue weighted by molar-refractivity contribution is 7.98. The fourth-order valence-electron chi connectivity index (χ4n) is 2.17. The summed E-state index contributed by atoms with van der Waals surface area (Å²) in [7, 11) is 1.61. The summed E-state index contributed by atoms with van der Waals surface area (Å²) in [5.41, 5.74) is 1.05. The minimum absolute atomic E-state index is 0.174. The number of hydrogen-bond acceptors (Lipinski definition) is 5. The van der Waals surface area contributed by atoms with E-state index in [1.165, 1.54) is 0 Å². The minimum atomic E-state index is -2.38. The lowest BCUT2D eigenvalue weighted by molar-refractivity contribution is 0.251. The molecule has 0 aliphatic heterocycles. The highest BCUT2D eigenvalue weighted by atomic mass is 32.2. The normalized spacial score (nSPS) is 11.0. The van der Waals surface area contributed by atoms with Crippen LogP contribution in [0.15, 0.2) is 34.7 Å². The lowest BCUT2D eigenvalue weighted by Gasteiger charge is -2.11. The molecule has 0 spiro atoms. The van der Waals surface area contributed by atoms with Crippen LogP contribution in [-0.2, 0) is 18.8 Å². The third-order valence-electron chi connectivity index (χ3n) is 3.23. The Morgan fingerprint density at radius 1 is 1.12 bits per heavy atom. The van der Waals surface area contributed by atoms with Crippen molar-refractivity contribution in [2.75, 3.05) is 13.7 Å². The van der Waals surface area contributed by atoms with Crippen LogP contribution in [-0.4, -0.2) is 19.5 Å². The van der Waals surface area contributed by atoms with E-state index in [4.69, 9.17) is 13.9 Å². The fraction of sp³-hybridized carbons (Fsp3) is 0.412. The minimum Gasteiger partial charge on any atom is -0.493 e. The van der Waals surface area contributed by atoms with E-state index in [9.17, 15) is 8.78 Å². The van der Waals surface area contributed by atoms with Crippen LogP contribution >= 0.6 is 11.8 Å². The molecule has 7 heteroatoms. The standard InChI is InChI=1S/C17H21F2NO3S/c1-3-22-15-7-4-12(8-16(15)21-2)9-20-10-13-5-6-14(23-13)11-24-17(18)19/h4-8,17,20H,3,9-11H2,1-2H3. The van der Waals surface area contributed by atoms with Crippen LogP contribution in [0.3, 0.4) is 0 Å². The van der Waals surface area contributed by atoms with Crippen LogP contribution in [0.2, 0.25) is 0 Å². The maximum absolute atomic E-state index is 12.1. The lowest BCUT2D eigenvalue weighted by atomic mass is 10.2. The smallest absolute Gasteiger partial charge is 0.284 e. The molecule has 2 aromatic rings. The predicted octanol–water partition coefficient (Wildman–Crippen LogP) is 4.43. The molecule has 4 nitrogen and oxygen atoms in total. The summed E-state index contributed by atoms with van der Waals surface area (Å²) in [5.74, 6) is 0.480. The number of thioether (sulfide) groups is 1. The van der Waals surface area contributed by atoms with E-state index in [0.717, 1.165) is 17.1 Å². The highest BCUT2D eigenvalue weighted by Crippen LogP contribution is 2.28. The lowest BCUT2D eigenvalue weighted by Crippen LogP contribution is -2.12. The molecule has 2 rings (SSSR count). The molecule has 0 amide bonds. The number of methoxy groups -OCH3 is 1. The van der Waals surface area contributed by atoms with Crippen molar-refractivity contribution in [1.29, 1.82) is 0 Å². The Bertz CT molecular complexity index is 634. The summed E-state index contributed by atoms with van der Waals surface area (Å²) in [5, 5.41) is 3.25. The zero-order valence-corrected chi connectivity index (χ0v) is 14.5. The first kappa shape index (κ1) is 18.6. The first-order valence-corrected chi connectivity index (χ1v) is 8.65. The molecule has 1 aromatic carbocycles. The number of hydrogen-bond donors (Lipinski definition) is 1. The highest BCUT2D eigenvalue weighted by Gasteiger charge is 2.08. The van der Waals surface area contributed by atoms with Gasteiger partial charge in [-0.25, -0.2) is 0 Å². The Hall–Kier alpha value is -1.73. The molecule has 0 fully saturated rings. The van der Waals surface area contributed by atoms with Gasteiger partial charge in [0.15, 0.2) is 11.5 Å². The first-order valence-electron chi connectivity index (χ1n) is 7.60. The van der Waals surface area contributed by atoms with Gasteiger partial charge >= 0.3 is 0 Å². The SMILES string of the molecule is CCOc1ccc(CNCc2ccc(CSC(F)F)o2)cc1OC. The molecule has 1 aromatic heterocycles. The van der Waals surface area contributed by atoms with Gasteiger partial charge in [-0.3, -0.25) is 0 Å². The quantitative estimate of drug-likeness (QED) is 0.681. The van der Waals surface area contributed by atoms with Gasteiger partial charge in [0.1, 0.15) is 11.5 Å². The summed E-state index contributed by atoms with van der Waals surface area (Å²) < 4.78 is 40.6. The number of halogens is 2. The molecule has 0 saturated heterocycles. The molecule has 0 aliphatic carbocycles. The van der Waals surface area contributed by atoms with E-state index in [2.05, 4.69) is 5.32 Å². The molecule has 0 unspecified atom stereocenters. The third-order valence-corrected chi connectivity index (χ3v) is 3.93. The van der Waals surface area contributed by atoms with E-state index in [1.54, 1.807) is 19.2 Å². The zero-order valence-electron chi connectivity index (χ0n) is 13.7. The van der Waals surface area contributed by atoms with Crippen LogP contribution in [0.25, 0.3) is 0 Å². The topological polar surface area (TPSA) is 43.6 Å². The van der Waals surface area contributed by atoms with Gasteiger partial charge in [0.05, 0.1) is 26.0 Å². The molecule has 1 heterocycles. The molecule has 0 radical (unpaired) electrons. The third kappa shape index (κ3) is 5.72. The van der Waals surface area contributed by atoms with Crippen molar-refractivity contribution < 1.29 is 22.7 Å². The molecule has 24 heavy (non-hydrogen) atoms. The second-order valence-electron chi connectivity index (χ2n) is 4.96. The molecule has 132 valence electrons. The van der Waals surface area contributed by atoms with Gasteiger partial charge in [0.25, 0.3) is 5.76 Å². The fourth-order valence-corrected chi connectivity index (χ4v) is 2.61. The largest absolute Gasteiger partial charge is 0.493 e. The van der Waals surface area contributed by atoms with Crippen molar-refractivity contribution in [2.24, 2.45) is 0 Å². The van der Waals surface area contributed by atoms with Crippen LogP contribution in [0, 0.1) is 0 Å². The molecule has 0 bridgehead atoms. The molecule has 0 saturated carbocycles. The van der Waals surface area contributed by atoms with Crippen LogP contribution in [0.4, 0.5) is 8.78 Å². The van der Waals surface area contributed by atoms with E-state index < -0.39 is 5.76 Å². The Labute approximate surface area is 144 Å². The number of nitrogens with one attached hydrogen (secondary N) is 1. The average Bonchev–Trinajstić information content (AvgIpc) is 3.02. The van der Waals surface area contributed by atoms with Crippen molar-refractivity contribution in [3.63, 3.8) is 0 Å². The van der Waals surface area contributed by atoms with Crippen LogP contribution in [0.1, 0.15) is 24.0 Å². The first-order chi connectivity index (χ1) is 11.6. The van der Waals surface area contributed by atoms with Gasteiger partial charge in [-0.1, -0.05) is 17.8 Å². The number of benzene rings is 1.